The van der Waals surface area contributed by atoms with Gasteiger partial charge in [-0.1, -0.05) is 20.8 Å². The van der Waals surface area contributed by atoms with Crippen molar-refractivity contribution in [1.29, 1.82) is 0 Å². The van der Waals surface area contributed by atoms with Crippen LogP contribution < -0.4 is 25.1 Å². The summed E-state index contributed by atoms with van der Waals surface area (Å²) in [5.41, 5.74) is 0.900. The lowest BCUT2D eigenvalue weighted by Gasteiger charge is -2.37. The lowest BCUT2D eigenvalue weighted by atomic mass is 10.1. The fraction of sp³-hybridized carbons (Fsp3) is 0.583. The van der Waals surface area contributed by atoms with Crippen molar-refractivity contribution in [1.82, 2.24) is 16.0 Å². The molecule has 1 aliphatic heterocycles. The highest BCUT2D eigenvalue weighted by atomic mass is 32.2. The Balaban J connectivity index is 2.58. The maximum Gasteiger partial charge on any atom is 0.338 e. The van der Waals surface area contributed by atoms with Crippen molar-refractivity contribution in [3.05, 3.63) is 23.3 Å². The number of thioether (sulfide) groups is 1. The number of ether oxygens (including phenoxy) is 3. The summed E-state index contributed by atoms with van der Waals surface area (Å²) in [6.07, 6.45) is 0. The zero-order valence-corrected chi connectivity index (χ0v) is 25.2. The number of benzene rings is 1. The van der Waals surface area contributed by atoms with Gasteiger partial charge >= 0.3 is 11.9 Å². The van der Waals surface area contributed by atoms with Gasteiger partial charge in [-0.2, -0.15) is 11.8 Å². The number of hydrogen-bond donors (Lipinski definition) is 3. The van der Waals surface area contributed by atoms with Crippen LogP contribution in [0.2, 0.25) is 18.1 Å². The van der Waals surface area contributed by atoms with Crippen LogP contribution in [0.25, 0.3) is 0 Å². The summed E-state index contributed by atoms with van der Waals surface area (Å²) in [6, 6.07) is 1.41. The minimum Gasteiger partial charge on any atom is -0.543 e. The lowest BCUT2D eigenvalue weighted by molar-refractivity contribution is -0.144. The van der Waals surface area contributed by atoms with E-state index in [-0.39, 0.29) is 28.1 Å². The summed E-state index contributed by atoms with van der Waals surface area (Å²) in [4.78, 5) is 38.7. The molecule has 3 N–H and O–H groups in total. The minimum absolute atomic E-state index is 0.0904. The van der Waals surface area contributed by atoms with Crippen molar-refractivity contribution in [2.75, 3.05) is 33.6 Å². The molecule has 1 amide bonds. The van der Waals surface area contributed by atoms with Gasteiger partial charge in [-0.25, -0.2) is 9.59 Å². The van der Waals surface area contributed by atoms with Gasteiger partial charge < -0.3 is 34.6 Å². The summed E-state index contributed by atoms with van der Waals surface area (Å²) in [5, 5.41) is 8.29. The topological polar surface area (TPSA) is 124 Å². The van der Waals surface area contributed by atoms with Crippen LogP contribution in [0.4, 0.5) is 0 Å². The number of methoxy groups -OCH3 is 2. The van der Waals surface area contributed by atoms with E-state index in [0.29, 0.717) is 22.8 Å². The molecule has 1 aliphatic rings. The zero-order valence-electron chi connectivity index (χ0n) is 22.6. The average molecular weight is 572 g/mol. The van der Waals surface area contributed by atoms with Gasteiger partial charge in [0, 0.05) is 30.2 Å². The second-order valence-corrected chi connectivity index (χ2v) is 16.2. The molecule has 0 saturated carbocycles. The van der Waals surface area contributed by atoms with Crippen LogP contribution in [0.1, 0.15) is 36.7 Å². The summed E-state index contributed by atoms with van der Waals surface area (Å²) in [5.74, 6) is -0.263. The molecule has 1 heterocycles. The third-order valence-electron chi connectivity index (χ3n) is 6.37. The standard InChI is InChI=1S/C24H37N3O7S2Si/c1-24(2,3)37(7,8)34-19-10-14(31-5)9-15-16(19)12-36-13-18(22(30)32-6)26-20(28)17(11-33-21(15)29)27-23(35)25-4/h9-10,17-18H,11-13H2,1-8H3,(H,26,28)(H2,25,27,35)/t17-,18-/m0/s1. The van der Waals surface area contributed by atoms with Crippen LogP contribution in [0.3, 0.4) is 0 Å². The Kier molecular flexibility index (Phi) is 10.6. The molecule has 2 atom stereocenters. The maximum atomic E-state index is 13.3. The number of cyclic esters (lactones) is 1. The molecular weight excluding hydrogens is 534 g/mol. The van der Waals surface area contributed by atoms with E-state index < -0.39 is 38.2 Å². The molecule has 0 aromatic heterocycles. The van der Waals surface area contributed by atoms with Gasteiger partial charge in [0.15, 0.2) is 5.11 Å². The first kappa shape index (κ1) is 30.7. The van der Waals surface area contributed by atoms with E-state index in [9.17, 15) is 14.4 Å². The van der Waals surface area contributed by atoms with Gasteiger partial charge in [0.05, 0.1) is 19.8 Å². The largest absolute Gasteiger partial charge is 0.543 e. The van der Waals surface area contributed by atoms with Crippen LogP contribution in [0.15, 0.2) is 12.1 Å². The zero-order chi connectivity index (χ0) is 28.0. The first-order valence-corrected chi connectivity index (χ1v) is 16.2. The highest BCUT2D eigenvalue weighted by molar-refractivity contribution is 7.98. The predicted octanol–water partition coefficient (Wildman–Crippen LogP) is 2.60. The number of amides is 1. The molecule has 206 valence electrons. The third kappa shape index (κ3) is 7.98. The Morgan fingerprint density at radius 3 is 2.49 bits per heavy atom. The van der Waals surface area contributed by atoms with Crippen molar-refractivity contribution < 1.29 is 33.0 Å². The summed E-state index contributed by atoms with van der Waals surface area (Å²) >= 11 is 6.49. The second-order valence-electron chi connectivity index (χ2n) is 9.99. The maximum absolute atomic E-state index is 13.3. The molecule has 10 nitrogen and oxygen atoms in total. The first-order chi connectivity index (χ1) is 17.2. The van der Waals surface area contributed by atoms with Crippen LogP contribution in [-0.4, -0.2) is 77.0 Å². The van der Waals surface area contributed by atoms with Crippen molar-refractivity contribution in [2.45, 2.75) is 56.7 Å². The van der Waals surface area contributed by atoms with Gasteiger partial charge in [-0.15, -0.1) is 0 Å². The molecule has 0 aliphatic carbocycles. The molecule has 0 radical (unpaired) electrons. The van der Waals surface area contributed by atoms with Crippen LogP contribution >= 0.6 is 24.0 Å². The first-order valence-electron chi connectivity index (χ1n) is 11.7. The van der Waals surface area contributed by atoms with E-state index in [1.807, 2.05) is 0 Å². The van der Waals surface area contributed by atoms with Gasteiger partial charge in [0.25, 0.3) is 0 Å². The van der Waals surface area contributed by atoms with Gasteiger partial charge in [0.1, 0.15) is 30.2 Å². The van der Waals surface area contributed by atoms with E-state index in [1.165, 1.54) is 26.0 Å². The Bertz CT molecular complexity index is 1030. The number of rotatable bonds is 5. The predicted molar refractivity (Wildman–Crippen MR) is 150 cm³/mol. The number of thiocarbonyl (C=S) groups is 1. The molecular formula is C24H37N3O7S2Si. The van der Waals surface area contributed by atoms with E-state index >= 15 is 0 Å². The Labute approximate surface area is 229 Å². The molecule has 37 heavy (non-hydrogen) atoms. The van der Waals surface area contributed by atoms with Crippen LogP contribution in [0.5, 0.6) is 11.5 Å². The van der Waals surface area contributed by atoms with E-state index in [0.717, 1.165) is 0 Å². The number of carbonyl (C=O) groups is 3. The van der Waals surface area contributed by atoms with Crippen LogP contribution in [0, 0.1) is 0 Å². The van der Waals surface area contributed by atoms with E-state index in [4.69, 9.17) is 30.9 Å². The normalized spacial score (nSPS) is 19.1. The number of nitrogens with one attached hydrogen (secondary N) is 3. The number of esters is 2. The number of hydrogen-bond acceptors (Lipinski definition) is 9. The summed E-state index contributed by atoms with van der Waals surface area (Å²) < 4.78 is 22.6. The van der Waals surface area contributed by atoms with Gasteiger partial charge in [-0.3, -0.25) is 4.79 Å². The molecule has 0 spiro atoms. The van der Waals surface area contributed by atoms with Crippen LogP contribution in [-0.2, 0) is 24.8 Å². The minimum atomic E-state index is -2.29. The van der Waals surface area contributed by atoms with Crippen molar-refractivity contribution in [2.24, 2.45) is 0 Å². The second kappa shape index (κ2) is 12.8. The van der Waals surface area contributed by atoms with Crippen molar-refractivity contribution in [3.63, 3.8) is 0 Å². The van der Waals surface area contributed by atoms with Crippen molar-refractivity contribution in [3.8, 4) is 11.5 Å². The fourth-order valence-electron chi connectivity index (χ4n) is 3.10. The Morgan fingerprint density at radius 1 is 1.24 bits per heavy atom. The Morgan fingerprint density at radius 2 is 1.92 bits per heavy atom. The molecule has 1 aromatic rings. The summed E-state index contributed by atoms with van der Waals surface area (Å²) in [6.45, 7) is 10.3. The quantitative estimate of drug-likeness (QED) is 0.274. The molecule has 13 heteroatoms. The molecule has 0 unspecified atom stereocenters. The molecule has 1 aromatic carbocycles. The van der Waals surface area contributed by atoms with Crippen molar-refractivity contribution >= 4 is 55.3 Å². The number of carbonyl (C=O) groups excluding carboxylic acids is 3. The van der Waals surface area contributed by atoms with E-state index in [2.05, 4.69) is 49.8 Å². The molecule has 0 bridgehead atoms. The van der Waals surface area contributed by atoms with Gasteiger partial charge in [-0.05, 0) is 36.4 Å². The highest BCUT2D eigenvalue weighted by Gasteiger charge is 2.40. The SMILES string of the molecule is CNC(=S)N[C@H]1COC(=O)c2cc(OC)cc(O[Si](C)(C)C(C)(C)C)c2CSC[C@@H](C(=O)OC)NC1=O. The average Bonchev–Trinajstić information content (AvgIpc) is 2.83. The monoisotopic (exact) mass is 571 g/mol. The lowest BCUT2D eigenvalue weighted by Crippen LogP contribution is -2.55. The smallest absolute Gasteiger partial charge is 0.338 e. The fourth-order valence-corrected chi connectivity index (χ4v) is 5.36. The highest BCUT2D eigenvalue weighted by Crippen LogP contribution is 2.41. The van der Waals surface area contributed by atoms with E-state index in [1.54, 1.807) is 19.2 Å². The van der Waals surface area contributed by atoms with Gasteiger partial charge in [0.2, 0.25) is 14.2 Å². The number of fused-ring (bicyclic) bond motifs is 1. The molecule has 2 rings (SSSR count). The third-order valence-corrected chi connectivity index (χ3v) is 12.1. The molecule has 0 fully saturated rings. The molecule has 0 saturated heterocycles. The summed E-state index contributed by atoms with van der Waals surface area (Å²) in [7, 11) is 2.07. The Hall–Kier alpha value is -2.51.